The zero-order valence-electron chi connectivity index (χ0n) is 10.3. The Balaban J connectivity index is 2.44. The Morgan fingerprint density at radius 3 is 3.06 bits per heavy atom. The summed E-state index contributed by atoms with van der Waals surface area (Å²) in [4.78, 5) is 6.39. The van der Waals surface area contributed by atoms with Gasteiger partial charge in [-0.25, -0.2) is 9.50 Å². The van der Waals surface area contributed by atoms with Crippen molar-refractivity contribution in [3.05, 3.63) is 24.2 Å². The second-order valence-corrected chi connectivity index (χ2v) is 4.19. The van der Waals surface area contributed by atoms with Gasteiger partial charge >= 0.3 is 0 Å². The highest BCUT2D eigenvalue weighted by atomic mass is 15.3. The monoisotopic (exact) mass is 229 g/mol. The Labute approximate surface area is 100 Å². The second-order valence-electron chi connectivity index (χ2n) is 4.19. The van der Waals surface area contributed by atoms with Gasteiger partial charge in [0.2, 0.25) is 0 Å². The number of nitrogens with zero attached hydrogens (tertiary/aromatic N) is 5. The normalized spacial score (nSPS) is 12.4. The number of nitriles is 1. The molecule has 0 fully saturated rings. The van der Waals surface area contributed by atoms with Crippen molar-refractivity contribution in [3.8, 4) is 6.07 Å². The zero-order valence-corrected chi connectivity index (χ0v) is 10.3. The first-order valence-electron chi connectivity index (χ1n) is 5.54. The van der Waals surface area contributed by atoms with Gasteiger partial charge in [0.15, 0.2) is 5.82 Å². The summed E-state index contributed by atoms with van der Waals surface area (Å²) in [5.41, 5.74) is 1.93. The minimum atomic E-state index is 0.133. The predicted molar refractivity (Wildman–Crippen MR) is 65.8 cm³/mol. The molecule has 0 aliphatic rings. The molecule has 0 spiro atoms. The van der Waals surface area contributed by atoms with Gasteiger partial charge in [0.25, 0.3) is 0 Å². The van der Waals surface area contributed by atoms with Crippen molar-refractivity contribution in [2.24, 2.45) is 0 Å². The first kappa shape index (κ1) is 11.4. The molecule has 0 N–H and O–H groups in total. The van der Waals surface area contributed by atoms with Gasteiger partial charge in [0.05, 0.1) is 18.2 Å². The maximum Gasteiger partial charge on any atom is 0.154 e. The molecule has 17 heavy (non-hydrogen) atoms. The molecule has 5 nitrogen and oxygen atoms in total. The molecule has 0 amide bonds. The van der Waals surface area contributed by atoms with Gasteiger partial charge in [-0.1, -0.05) is 0 Å². The maximum absolute atomic E-state index is 8.74. The van der Waals surface area contributed by atoms with E-state index in [1.807, 2.05) is 42.6 Å². The van der Waals surface area contributed by atoms with Crippen molar-refractivity contribution >= 4 is 11.3 Å². The number of rotatable bonds is 3. The summed E-state index contributed by atoms with van der Waals surface area (Å²) >= 11 is 0. The van der Waals surface area contributed by atoms with Crippen molar-refractivity contribution in [2.75, 3.05) is 11.9 Å². The van der Waals surface area contributed by atoms with Crippen molar-refractivity contribution in [1.29, 1.82) is 5.26 Å². The molecule has 0 aliphatic heterocycles. The molecule has 5 heteroatoms. The molecule has 2 aromatic heterocycles. The van der Waals surface area contributed by atoms with Crippen molar-refractivity contribution in [3.63, 3.8) is 0 Å². The highest BCUT2D eigenvalue weighted by molar-refractivity contribution is 5.69. The molecule has 0 saturated heterocycles. The molecule has 0 bridgehead atoms. The number of aryl methyl sites for hydroxylation is 1. The van der Waals surface area contributed by atoms with Crippen LogP contribution in [0.4, 0.5) is 5.82 Å². The molecule has 1 unspecified atom stereocenters. The van der Waals surface area contributed by atoms with Crippen LogP contribution in [0.15, 0.2) is 18.5 Å². The lowest BCUT2D eigenvalue weighted by Crippen LogP contribution is -2.29. The largest absolute Gasteiger partial charge is 0.354 e. The van der Waals surface area contributed by atoms with E-state index in [1.165, 1.54) is 0 Å². The van der Waals surface area contributed by atoms with Crippen LogP contribution in [0.25, 0.3) is 5.52 Å². The quantitative estimate of drug-likeness (QED) is 0.805. The molecule has 0 aromatic carbocycles. The van der Waals surface area contributed by atoms with Crippen LogP contribution in [0.3, 0.4) is 0 Å². The summed E-state index contributed by atoms with van der Waals surface area (Å²) in [5.74, 6) is 0.857. The maximum atomic E-state index is 8.74. The number of fused-ring (bicyclic) bond motifs is 1. The van der Waals surface area contributed by atoms with Crippen molar-refractivity contribution in [2.45, 2.75) is 26.3 Å². The first-order chi connectivity index (χ1) is 8.13. The molecular weight excluding hydrogens is 214 g/mol. The highest BCUT2D eigenvalue weighted by Crippen LogP contribution is 2.20. The Hall–Kier alpha value is -2.09. The summed E-state index contributed by atoms with van der Waals surface area (Å²) < 4.78 is 1.81. The summed E-state index contributed by atoms with van der Waals surface area (Å²) in [6.07, 6.45) is 4.03. The number of hydrogen-bond donors (Lipinski definition) is 0. The Morgan fingerprint density at radius 1 is 1.59 bits per heavy atom. The lowest BCUT2D eigenvalue weighted by molar-refractivity contribution is 0.693. The molecule has 1 atom stereocenters. The topological polar surface area (TPSA) is 57.2 Å². The average Bonchev–Trinajstić information content (AvgIpc) is 2.68. The summed E-state index contributed by atoms with van der Waals surface area (Å²) in [7, 11) is 1.95. The Kier molecular flexibility index (Phi) is 2.96. The van der Waals surface area contributed by atoms with E-state index in [0.29, 0.717) is 6.42 Å². The smallest absolute Gasteiger partial charge is 0.154 e. The minimum Gasteiger partial charge on any atom is -0.354 e. The fourth-order valence-corrected chi connectivity index (χ4v) is 1.78. The van der Waals surface area contributed by atoms with Gasteiger partial charge < -0.3 is 4.90 Å². The third-order valence-corrected chi connectivity index (χ3v) is 2.87. The molecule has 2 aromatic rings. The van der Waals surface area contributed by atoms with Crippen molar-refractivity contribution < 1.29 is 0 Å². The van der Waals surface area contributed by atoms with E-state index in [4.69, 9.17) is 5.26 Å². The van der Waals surface area contributed by atoms with Gasteiger partial charge in [-0.05, 0) is 19.9 Å². The second kappa shape index (κ2) is 4.42. The fraction of sp³-hybridized carbons (Fsp3) is 0.417. The fourth-order valence-electron chi connectivity index (χ4n) is 1.78. The lowest BCUT2D eigenvalue weighted by Gasteiger charge is -2.24. The molecule has 88 valence electrons. The summed E-state index contributed by atoms with van der Waals surface area (Å²) in [6.45, 7) is 3.97. The number of aromatic nitrogens is 3. The third-order valence-electron chi connectivity index (χ3n) is 2.87. The van der Waals surface area contributed by atoms with E-state index in [2.05, 4.69) is 16.2 Å². The minimum absolute atomic E-state index is 0.133. The van der Waals surface area contributed by atoms with Crippen molar-refractivity contribution in [1.82, 2.24) is 14.6 Å². The predicted octanol–water partition coefficient (Wildman–Crippen LogP) is 1.78. The van der Waals surface area contributed by atoms with Crippen LogP contribution in [0, 0.1) is 18.3 Å². The standard InChI is InChI=1S/C12H15N5/c1-9-8-11-12(14-6-7-17(11)15-9)16(3)10(2)4-5-13/h6-8,10H,4H2,1-3H3. The highest BCUT2D eigenvalue weighted by Gasteiger charge is 2.14. The zero-order chi connectivity index (χ0) is 12.4. The van der Waals surface area contributed by atoms with Crippen LogP contribution >= 0.6 is 0 Å². The van der Waals surface area contributed by atoms with Gasteiger partial charge in [-0.2, -0.15) is 10.4 Å². The van der Waals surface area contributed by atoms with E-state index in [0.717, 1.165) is 17.0 Å². The average molecular weight is 229 g/mol. The van der Waals surface area contributed by atoms with E-state index in [9.17, 15) is 0 Å². The van der Waals surface area contributed by atoms with E-state index in [1.54, 1.807) is 6.20 Å². The third kappa shape index (κ3) is 2.07. The SMILES string of the molecule is Cc1cc2c(N(C)C(C)CC#N)nccn2n1. The van der Waals surface area contributed by atoms with Crippen LogP contribution < -0.4 is 4.90 Å². The van der Waals surface area contributed by atoms with Gasteiger partial charge in [0, 0.05) is 25.5 Å². The van der Waals surface area contributed by atoms with E-state index >= 15 is 0 Å². The van der Waals surface area contributed by atoms with Crippen LogP contribution in [0.2, 0.25) is 0 Å². The van der Waals surface area contributed by atoms with E-state index < -0.39 is 0 Å². The molecule has 0 aliphatic carbocycles. The van der Waals surface area contributed by atoms with Gasteiger partial charge in [0.1, 0.15) is 5.52 Å². The van der Waals surface area contributed by atoms with Gasteiger partial charge in [-0.3, -0.25) is 0 Å². The Morgan fingerprint density at radius 2 is 2.35 bits per heavy atom. The number of hydrogen-bond acceptors (Lipinski definition) is 4. The molecule has 2 rings (SSSR count). The summed E-state index contributed by atoms with van der Waals surface area (Å²) in [6, 6.07) is 4.31. The van der Waals surface area contributed by atoms with Crippen LogP contribution in [-0.2, 0) is 0 Å². The first-order valence-corrected chi connectivity index (χ1v) is 5.54. The Bertz CT molecular complexity index is 566. The summed E-state index contributed by atoms with van der Waals surface area (Å²) in [5, 5.41) is 13.1. The molecule has 2 heterocycles. The van der Waals surface area contributed by atoms with Crippen LogP contribution in [0.5, 0.6) is 0 Å². The molecular formula is C12H15N5. The number of anilines is 1. The molecule has 0 radical (unpaired) electrons. The van der Waals surface area contributed by atoms with Crippen LogP contribution in [-0.4, -0.2) is 27.7 Å². The molecule has 0 saturated carbocycles. The lowest BCUT2D eigenvalue weighted by atomic mass is 10.2. The van der Waals surface area contributed by atoms with E-state index in [-0.39, 0.29) is 6.04 Å². The van der Waals surface area contributed by atoms with Gasteiger partial charge in [-0.15, -0.1) is 0 Å². The van der Waals surface area contributed by atoms with Crippen LogP contribution in [0.1, 0.15) is 19.0 Å².